The molecule has 1 saturated carbocycles. The van der Waals surface area contributed by atoms with E-state index in [2.05, 4.69) is 14.9 Å². The molecule has 2 rings (SSSR count). The van der Waals surface area contributed by atoms with Crippen LogP contribution < -0.4 is 0 Å². The minimum Gasteiger partial charge on any atom is -0.347 e. The topological polar surface area (TPSA) is 52.2 Å². The first-order valence-corrected chi connectivity index (χ1v) is 8.07. The molecule has 0 aromatic carbocycles. The van der Waals surface area contributed by atoms with Crippen LogP contribution in [0.2, 0.25) is 0 Å². The van der Waals surface area contributed by atoms with Crippen molar-refractivity contribution >= 4 is 5.91 Å². The summed E-state index contributed by atoms with van der Waals surface area (Å²) in [6, 6.07) is 0. The number of hydrogen-bond donors (Lipinski definition) is 1. The summed E-state index contributed by atoms with van der Waals surface area (Å²) in [5, 5.41) is 0. The molecule has 0 saturated heterocycles. The molecule has 1 fully saturated rings. The lowest BCUT2D eigenvalue weighted by molar-refractivity contribution is -0.136. The molecule has 21 heavy (non-hydrogen) atoms. The Morgan fingerprint density at radius 1 is 1.24 bits per heavy atom. The summed E-state index contributed by atoms with van der Waals surface area (Å²) >= 11 is 0. The Labute approximate surface area is 127 Å². The zero-order chi connectivity index (χ0) is 15.1. The van der Waals surface area contributed by atoms with E-state index in [0.717, 1.165) is 31.6 Å². The van der Waals surface area contributed by atoms with Crippen LogP contribution in [0.15, 0.2) is 12.5 Å². The van der Waals surface area contributed by atoms with Gasteiger partial charge < -0.3 is 14.8 Å². The third kappa shape index (κ3) is 5.16. The lowest BCUT2D eigenvalue weighted by Gasteiger charge is -2.27. The van der Waals surface area contributed by atoms with E-state index in [0.29, 0.717) is 12.5 Å². The van der Waals surface area contributed by atoms with Crippen LogP contribution in [0.5, 0.6) is 0 Å². The lowest BCUT2D eigenvalue weighted by Crippen LogP contribution is -2.39. The van der Waals surface area contributed by atoms with E-state index in [1.165, 1.54) is 25.7 Å². The highest BCUT2D eigenvalue weighted by Gasteiger charge is 2.25. The summed E-state index contributed by atoms with van der Waals surface area (Å²) in [6.45, 7) is 2.32. The van der Waals surface area contributed by atoms with E-state index in [1.54, 1.807) is 6.33 Å². The van der Waals surface area contributed by atoms with E-state index >= 15 is 0 Å². The van der Waals surface area contributed by atoms with E-state index in [-0.39, 0.29) is 5.92 Å². The van der Waals surface area contributed by atoms with Crippen molar-refractivity contribution in [2.75, 3.05) is 27.2 Å². The molecule has 5 nitrogen and oxygen atoms in total. The first kappa shape index (κ1) is 16.0. The zero-order valence-electron chi connectivity index (χ0n) is 13.3. The molecule has 0 spiro atoms. The Morgan fingerprint density at radius 2 is 1.95 bits per heavy atom. The predicted molar refractivity (Wildman–Crippen MR) is 83.8 cm³/mol. The van der Waals surface area contributed by atoms with Gasteiger partial charge in [0, 0.05) is 25.2 Å². The molecule has 1 aliphatic carbocycles. The van der Waals surface area contributed by atoms with Crippen LogP contribution in [0.1, 0.15) is 44.2 Å². The highest BCUT2D eigenvalue weighted by Crippen LogP contribution is 2.25. The monoisotopic (exact) mass is 292 g/mol. The van der Waals surface area contributed by atoms with Gasteiger partial charge in [-0.05, 0) is 26.9 Å². The van der Waals surface area contributed by atoms with Crippen molar-refractivity contribution in [1.82, 2.24) is 19.8 Å². The minimum atomic E-state index is 0.220. The van der Waals surface area contributed by atoms with Gasteiger partial charge in [-0.1, -0.05) is 25.7 Å². The van der Waals surface area contributed by atoms with Crippen molar-refractivity contribution in [2.45, 2.75) is 45.1 Å². The largest absolute Gasteiger partial charge is 0.347 e. The van der Waals surface area contributed by atoms with Gasteiger partial charge in [-0.25, -0.2) is 4.98 Å². The smallest absolute Gasteiger partial charge is 0.226 e. The zero-order valence-corrected chi connectivity index (χ0v) is 13.3. The van der Waals surface area contributed by atoms with Crippen molar-refractivity contribution < 1.29 is 4.79 Å². The number of hydrogen-bond acceptors (Lipinski definition) is 3. The number of imidazole rings is 1. The molecule has 0 bridgehead atoms. The number of nitrogens with one attached hydrogen (secondary N) is 1. The number of likely N-dealkylation sites (N-methyl/N-ethyl adjacent to an activating group) is 1. The summed E-state index contributed by atoms with van der Waals surface area (Å²) in [4.78, 5) is 24.2. The second-order valence-corrected chi connectivity index (χ2v) is 6.33. The molecular weight excluding hydrogens is 264 g/mol. The maximum absolute atomic E-state index is 12.9. The summed E-state index contributed by atoms with van der Waals surface area (Å²) in [7, 11) is 4.09. The van der Waals surface area contributed by atoms with Crippen molar-refractivity contribution in [3.63, 3.8) is 0 Å². The maximum Gasteiger partial charge on any atom is 0.226 e. The first-order valence-electron chi connectivity index (χ1n) is 8.07. The Hall–Kier alpha value is -1.36. The molecule has 1 aromatic rings. The summed E-state index contributed by atoms with van der Waals surface area (Å²) < 4.78 is 0. The van der Waals surface area contributed by atoms with Crippen LogP contribution in [0.4, 0.5) is 0 Å². The molecule has 0 aliphatic heterocycles. The van der Waals surface area contributed by atoms with Crippen LogP contribution in [-0.4, -0.2) is 52.9 Å². The molecule has 1 aromatic heterocycles. The molecule has 1 N–H and O–H groups in total. The SMILES string of the molecule is CN(C)CCN(Cc1cnc[nH]1)C(=O)C1CCCCCC1. The number of carbonyl (C=O) groups excluding carboxylic acids is 1. The molecule has 1 heterocycles. The number of rotatable bonds is 6. The van der Waals surface area contributed by atoms with E-state index in [4.69, 9.17) is 0 Å². The van der Waals surface area contributed by atoms with Crippen molar-refractivity contribution in [3.05, 3.63) is 18.2 Å². The van der Waals surface area contributed by atoms with E-state index in [1.807, 2.05) is 25.2 Å². The predicted octanol–water partition coefficient (Wildman–Crippen LogP) is 2.27. The van der Waals surface area contributed by atoms with Gasteiger partial charge in [0.2, 0.25) is 5.91 Å². The van der Waals surface area contributed by atoms with Crippen LogP contribution in [0.25, 0.3) is 0 Å². The van der Waals surface area contributed by atoms with Gasteiger partial charge in [-0.3, -0.25) is 4.79 Å². The quantitative estimate of drug-likeness (QED) is 0.818. The average Bonchev–Trinajstić information content (AvgIpc) is 2.82. The average molecular weight is 292 g/mol. The first-order chi connectivity index (χ1) is 10.2. The second kappa shape index (κ2) is 8.17. The Bertz CT molecular complexity index is 408. The van der Waals surface area contributed by atoms with Gasteiger partial charge in [0.15, 0.2) is 0 Å². The Morgan fingerprint density at radius 3 is 2.52 bits per heavy atom. The Balaban J connectivity index is 1.99. The van der Waals surface area contributed by atoms with Crippen LogP contribution in [0, 0.1) is 5.92 Å². The third-order valence-corrected chi connectivity index (χ3v) is 4.25. The molecule has 0 atom stereocenters. The highest BCUT2D eigenvalue weighted by molar-refractivity contribution is 5.78. The highest BCUT2D eigenvalue weighted by atomic mass is 16.2. The molecule has 5 heteroatoms. The molecule has 0 unspecified atom stereocenters. The number of amides is 1. The standard InChI is InChI=1S/C16H28N4O/c1-19(2)9-10-20(12-15-11-17-13-18-15)16(21)14-7-5-3-4-6-8-14/h11,13-14H,3-10,12H2,1-2H3,(H,17,18). The van der Waals surface area contributed by atoms with Gasteiger partial charge in [0.05, 0.1) is 18.6 Å². The van der Waals surface area contributed by atoms with Gasteiger partial charge >= 0.3 is 0 Å². The fraction of sp³-hybridized carbons (Fsp3) is 0.750. The van der Waals surface area contributed by atoms with E-state index < -0.39 is 0 Å². The summed E-state index contributed by atoms with van der Waals surface area (Å²) in [6.07, 6.45) is 10.5. The van der Waals surface area contributed by atoms with E-state index in [9.17, 15) is 4.79 Å². The number of nitrogens with zero attached hydrogens (tertiary/aromatic N) is 3. The number of H-pyrrole nitrogens is 1. The molecular formula is C16H28N4O. The normalized spacial score (nSPS) is 16.9. The van der Waals surface area contributed by atoms with Crippen molar-refractivity contribution in [2.24, 2.45) is 5.92 Å². The molecule has 1 aliphatic rings. The maximum atomic E-state index is 12.9. The fourth-order valence-corrected chi connectivity index (χ4v) is 2.95. The summed E-state index contributed by atoms with van der Waals surface area (Å²) in [5.41, 5.74) is 1.01. The van der Waals surface area contributed by atoms with Crippen molar-refractivity contribution in [1.29, 1.82) is 0 Å². The minimum absolute atomic E-state index is 0.220. The second-order valence-electron chi connectivity index (χ2n) is 6.33. The van der Waals surface area contributed by atoms with Crippen LogP contribution in [-0.2, 0) is 11.3 Å². The van der Waals surface area contributed by atoms with Gasteiger partial charge in [-0.15, -0.1) is 0 Å². The molecule has 1 amide bonds. The number of aromatic amines is 1. The summed E-state index contributed by atoms with van der Waals surface area (Å²) in [5.74, 6) is 0.547. The lowest BCUT2D eigenvalue weighted by atomic mass is 9.98. The number of carbonyl (C=O) groups is 1. The molecule has 0 radical (unpaired) electrons. The molecule has 118 valence electrons. The number of aromatic nitrogens is 2. The fourth-order valence-electron chi connectivity index (χ4n) is 2.95. The Kier molecular flexibility index (Phi) is 6.23. The van der Waals surface area contributed by atoms with Gasteiger partial charge in [0.1, 0.15) is 0 Å². The third-order valence-electron chi connectivity index (χ3n) is 4.25. The van der Waals surface area contributed by atoms with Crippen LogP contribution >= 0.6 is 0 Å². The van der Waals surface area contributed by atoms with Crippen LogP contribution in [0.3, 0.4) is 0 Å². The van der Waals surface area contributed by atoms with Gasteiger partial charge in [-0.2, -0.15) is 0 Å². The van der Waals surface area contributed by atoms with Gasteiger partial charge in [0.25, 0.3) is 0 Å². The van der Waals surface area contributed by atoms with Crippen molar-refractivity contribution in [3.8, 4) is 0 Å².